The number of fused-ring (bicyclic) bond motifs is 1. The quantitative estimate of drug-likeness (QED) is 0.834. The largest absolute Gasteiger partial charge is 0.481 e. The summed E-state index contributed by atoms with van der Waals surface area (Å²) in [5.74, 6) is 0.563. The van der Waals surface area contributed by atoms with Crippen LogP contribution in [-0.4, -0.2) is 46.8 Å². The van der Waals surface area contributed by atoms with Crippen LogP contribution in [0.3, 0.4) is 0 Å². The van der Waals surface area contributed by atoms with Crippen LogP contribution in [0, 0.1) is 0 Å². The highest BCUT2D eigenvalue weighted by Gasteiger charge is 2.24. The number of hydrogen-bond acceptors (Lipinski definition) is 5. The third-order valence-electron chi connectivity index (χ3n) is 3.97. The van der Waals surface area contributed by atoms with Gasteiger partial charge in [-0.25, -0.2) is 9.78 Å². The molecular formula is C19H23N3O3. The zero-order valence-electron chi connectivity index (χ0n) is 15.1. The van der Waals surface area contributed by atoms with E-state index < -0.39 is 5.60 Å². The summed E-state index contributed by atoms with van der Waals surface area (Å²) in [5, 5.41) is 0. The molecular weight excluding hydrogens is 318 g/mol. The van der Waals surface area contributed by atoms with E-state index in [2.05, 4.69) is 16.0 Å². The lowest BCUT2D eigenvalue weighted by Crippen LogP contribution is -2.39. The Balaban J connectivity index is 1.84. The van der Waals surface area contributed by atoms with Crippen LogP contribution in [0.5, 0.6) is 5.88 Å². The molecule has 1 amide bonds. The predicted octanol–water partition coefficient (Wildman–Crippen LogP) is 3.66. The van der Waals surface area contributed by atoms with Gasteiger partial charge in [0.1, 0.15) is 11.1 Å². The van der Waals surface area contributed by atoms with Crippen LogP contribution in [-0.2, 0) is 4.74 Å². The monoisotopic (exact) mass is 341 g/mol. The van der Waals surface area contributed by atoms with Gasteiger partial charge in [0.2, 0.25) is 5.88 Å². The summed E-state index contributed by atoms with van der Waals surface area (Å²) in [6.45, 7) is 6.77. The number of ether oxygens (including phenoxy) is 2. The zero-order valence-corrected chi connectivity index (χ0v) is 15.1. The molecule has 0 bridgehead atoms. The maximum Gasteiger partial charge on any atom is 0.410 e. The van der Waals surface area contributed by atoms with Crippen LogP contribution in [0.4, 0.5) is 4.79 Å². The van der Waals surface area contributed by atoms with Crippen molar-refractivity contribution in [2.45, 2.75) is 32.8 Å². The average Bonchev–Trinajstić information content (AvgIpc) is 2.59. The maximum absolute atomic E-state index is 12.2. The minimum Gasteiger partial charge on any atom is -0.481 e. The Labute approximate surface area is 147 Å². The first-order valence-corrected chi connectivity index (χ1v) is 8.34. The van der Waals surface area contributed by atoms with Gasteiger partial charge >= 0.3 is 6.09 Å². The summed E-state index contributed by atoms with van der Waals surface area (Å²) in [6.07, 6.45) is 4.32. The average molecular weight is 341 g/mol. The lowest BCUT2D eigenvalue weighted by Gasteiger charge is -2.29. The van der Waals surface area contributed by atoms with Crippen molar-refractivity contribution in [3.05, 3.63) is 36.0 Å². The molecule has 0 saturated heterocycles. The van der Waals surface area contributed by atoms with Gasteiger partial charge in [0, 0.05) is 30.9 Å². The first kappa shape index (κ1) is 17.2. The molecule has 2 aromatic rings. The predicted molar refractivity (Wildman–Crippen MR) is 96.5 cm³/mol. The lowest BCUT2D eigenvalue weighted by atomic mass is 9.99. The minimum absolute atomic E-state index is 0.276. The molecule has 0 aromatic carbocycles. The first-order valence-electron chi connectivity index (χ1n) is 8.34. The minimum atomic E-state index is -0.483. The number of aromatic nitrogens is 2. The summed E-state index contributed by atoms with van der Waals surface area (Å²) < 4.78 is 10.7. The second-order valence-electron chi connectivity index (χ2n) is 6.99. The molecule has 3 rings (SSSR count). The Morgan fingerprint density at radius 2 is 2.04 bits per heavy atom. The summed E-state index contributed by atoms with van der Waals surface area (Å²) >= 11 is 0. The SMILES string of the molecule is COc1ccc2nccc(C3=CCN(C(=O)OC(C)(C)C)CC3)c2n1. The van der Waals surface area contributed by atoms with Crippen LogP contribution in [0.1, 0.15) is 32.8 Å². The van der Waals surface area contributed by atoms with Gasteiger partial charge in [-0.15, -0.1) is 0 Å². The van der Waals surface area contributed by atoms with Crippen LogP contribution >= 0.6 is 0 Å². The second kappa shape index (κ2) is 6.70. The number of nitrogens with zero attached hydrogens (tertiary/aromatic N) is 3. The number of rotatable bonds is 2. The van der Waals surface area contributed by atoms with E-state index in [1.165, 1.54) is 0 Å². The van der Waals surface area contributed by atoms with Crippen molar-refractivity contribution in [3.8, 4) is 5.88 Å². The van der Waals surface area contributed by atoms with Crippen molar-refractivity contribution in [1.82, 2.24) is 14.9 Å². The van der Waals surface area contributed by atoms with Crippen molar-refractivity contribution in [3.63, 3.8) is 0 Å². The molecule has 0 unspecified atom stereocenters. The van der Waals surface area contributed by atoms with Crippen LogP contribution in [0.2, 0.25) is 0 Å². The summed E-state index contributed by atoms with van der Waals surface area (Å²) in [7, 11) is 1.60. The molecule has 0 fully saturated rings. The van der Waals surface area contributed by atoms with Gasteiger partial charge in [0.25, 0.3) is 0 Å². The molecule has 0 radical (unpaired) electrons. The molecule has 0 saturated carbocycles. The second-order valence-corrected chi connectivity index (χ2v) is 6.99. The molecule has 0 atom stereocenters. The Kier molecular flexibility index (Phi) is 4.61. The highest BCUT2D eigenvalue weighted by atomic mass is 16.6. The van der Waals surface area contributed by atoms with Crippen LogP contribution < -0.4 is 4.74 Å². The number of amides is 1. The Hall–Kier alpha value is -2.63. The standard InChI is InChI=1S/C19H23N3O3/c1-19(2,3)25-18(23)22-11-8-13(9-12-22)14-7-10-20-15-5-6-16(24-4)21-17(14)15/h5-8,10H,9,11-12H2,1-4H3. The Morgan fingerprint density at radius 3 is 2.68 bits per heavy atom. The van der Waals surface area contributed by atoms with Gasteiger partial charge in [-0.3, -0.25) is 4.98 Å². The molecule has 2 aromatic heterocycles. The summed E-state index contributed by atoms with van der Waals surface area (Å²) in [6, 6.07) is 5.67. The fourth-order valence-corrected chi connectivity index (χ4v) is 2.79. The smallest absolute Gasteiger partial charge is 0.410 e. The van der Waals surface area contributed by atoms with Gasteiger partial charge in [-0.05, 0) is 44.9 Å². The molecule has 1 aliphatic rings. The molecule has 0 N–H and O–H groups in total. The Morgan fingerprint density at radius 1 is 1.24 bits per heavy atom. The number of carbonyl (C=O) groups excluding carboxylic acids is 1. The van der Waals surface area contributed by atoms with Gasteiger partial charge < -0.3 is 14.4 Å². The topological polar surface area (TPSA) is 64.5 Å². The van der Waals surface area contributed by atoms with E-state index in [4.69, 9.17) is 9.47 Å². The van der Waals surface area contributed by atoms with E-state index in [-0.39, 0.29) is 6.09 Å². The molecule has 132 valence electrons. The fraction of sp³-hybridized carbons (Fsp3) is 0.421. The Bertz CT molecular complexity index is 824. The highest BCUT2D eigenvalue weighted by molar-refractivity contribution is 5.89. The normalized spacial score (nSPS) is 15.0. The van der Waals surface area contributed by atoms with Crippen molar-refractivity contribution < 1.29 is 14.3 Å². The van der Waals surface area contributed by atoms with Crippen molar-refractivity contribution in [1.29, 1.82) is 0 Å². The number of methoxy groups -OCH3 is 1. The number of hydrogen-bond donors (Lipinski definition) is 0. The van der Waals surface area contributed by atoms with Crippen LogP contribution in [0.25, 0.3) is 16.6 Å². The van der Waals surface area contributed by atoms with Crippen molar-refractivity contribution in [2.24, 2.45) is 0 Å². The third kappa shape index (κ3) is 3.90. The van der Waals surface area contributed by atoms with Gasteiger partial charge in [0.05, 0.1) is 12.6 Å². The molecule has 3 heterocycles. The fourth-order valence-electron chi connectivity index (χ4n) is 2.79. The molecule has 6 heteroatoms. The third-order valence-corrected chi connectivity index (χ3v) is 3.97. The summed E-state index contributed by atoms with van der Waals surface area (Å²) in [4.78, 5) is 22.8. The van der Waals surface area contributed by atoms with E-state index in [1.54, 1.807) is 24.3 Å². The lowest BCUT2D eigenvalue weighted by molar-refractivity contribution is 0.0270. The van der Waals surface area contributed by atoms with E-state index >= 15 is 0 Å². The molecule has 0 aliphatic carbocycles. The molecule has 1 aliphatic heterocycles. The van der Waals surface area contributed by atoms with Crippen LogP contribution in [0.15, 0.2) is 30.5 Å². The van der Waals surface area contributed by atoms with E-state index in [9.17, 15) is 4.79 Å². The maximum atomic E-state index is 12.2. The molecule has 0 spiro atoms. The summed E-state index contributed by atoms with van der Waals surface area (Å²) in [5.41, 5.74) is 3.36. The zero-order chi connectivity index (χ0) is 18.0. The van der Waals surface area contributed by atoms with Gasteiger partial charge in [0.15, 0.2) is 0 Å². The molecule has 6 nitrogen and oxygen atoms in total. The highest BCUT2D eigenvalue weighted by Crippen LogP contribution is 2.28. The van der Waals surface area contributed by atoms with Crippen molar-refractivity contribution in [2.75, 3.05) is 20.2 Å². The van der Waals surface area contributed by atoms with Gasteiger partial charge in [-0.1, -0.05) is 6.08 Å². The van der Waals surface area contributed by atoms with Crippen molar-refractivity contribution >= 4 is 22.7 Å². The van der Waals surface area contributed by atoms with E-state index in [0.717, 1.165) is 28.6 Å². The van der Waals surface area contributed by atoms with E-state index in [0.29, 0.717) is 19.0 Å². The first-order chi connectivity index (χ1) is 11.9. The van der Waals surface area contributed by atoms with E-state index in [1.807, 2.05) is 32.9 Å². The number of pyridine rings is 2. The molecule has 25 heavy (non-hydrogen) atoms. The van der Waals surface area contributed by atoms with Gasteiger partial charge in [-0.2, -0.15) is 0 Å². The number of carbonyl (C=O) groups is 1.